The molecule has 0 fully saturated rings. The van der Waals surface area contributed by atoms with Crippen molar-refractivity contribution < 1.29 is 23.9 Å². The number of anilines is 3. The van der Waals surface area contributed by atoms with Crippen LogP contribution in [0.4, 0.5) is 21.9 Å². The second-order valence-electron chi connectivity index (χ2n) is 9.96. The standard InChI is InChI=1S/C30H34N4O5/c1-21-12-11-13-22(18-21)32-29(38)31-19-26(35)34(20-27(36)39-30(2,3)4)25-17-10-9-16-24(25)28(37)33(5)23-14-7-6-8-15-23/h6-18H,19-20H2,1-5H3,(H2,31,32,38). The smallest absolute Gasteiger partial charge is 0.326 e. The van der Waals surface area contributed by atoms with E-state index in [9.17, 15) is 19.2 Å². The van der Waals surface area contributed by atoms with Crippen molar-refractivity contribution >= 4 is 40.9 Å². The molecule has 0 atom stereocenters. The SMILES string of the molecule is Cc1cccc(NC(=O)NCC(=O)N(CC(=O)OC(C)(C)C)c2ccccc2C(=O)N(C)c2ccccc2)c1. The Morgan fingerprint density at radius 1 is 0.872 bits per heavy atom. The molecule has 0 saturated heterocycles. The molecule has 204 valence electrons. The maximum atomic E-state index is 13.5. The van der Waals surface area contributed by atoms with Crippen molar-refractivity contribution in [2.75, 3.05) is 35.3 Å². The fourth-order valence-electron chi connectivity index (χ4n) is 3.80. The Balaban J connectivity index is 1.85. The van der Waals surface area contributed by atoms with Gasteiger partial charge in [0.15, 0.2) is 0 Å². The van der Waals surface area contributed by atoms with Crippen molar-refractivity contribution in [3.05, 3.63) is 90.0 Å². The first-order valence-corrected chi connectivity index (χ1v) is 12.5. The number of benzene rings is 3. The van der Waals surface area contributed by atoms with E-state index in [2.05, 4.69) is 10.6 Å². The van der Waals surface area contributed by atoms with Gasteiger partial charge in [0.1, 0.15) is 12.1 Å². The van der Waals surface area contributed by atoms with Crippen molar-refractivity contribution in [2.45, 2.75) is 33.3 Å². The lowest BCUT2D eigenvalue weighted by molar-refractivity contribution is -0.153. The summed E-state index contributed by atoms with van der Waals surface area (Å²) in [6, 6.07) is 22.2. The molecule has 0 aliphatic heterocycles. The predicted octanol–water partition coefficient (Wildman–Crippen LogP) is 4.77. The Morgan fingerprint density at radius 2 is 1.54 bits per heavy atom. The minimum absolute atomic E-state index is 0.213. The summed E-state index contributed by atoms with van der Waals surface area (Å²) in [6.45, 7) is 6.20. The maximum absolute atomic E-state index is 13.5. The van der Waals surface area contributed by atoms with Gasteiger partial charge in [0.25, 0.3) is 5.91 Å². The summed E-state index contributed by atoms with van der Waals surface area (Å²) in [5.74, 6) is -1.62. The van der Waals surface area contributed by atoms with Crippen LogP contribution in [-0.4, -0.2) is 49.6 Å². The van der Waals surface area contributed by atoms with Gasteiger partial charge < -0.3 is 20.3 Å². The van der Waals surface area contributed by atoms with Crippen molar-refractivity contribution in [3.8, 4) is 0 Å². The number of hydrogen-bond acceptors (Lipinski definition) is 5. The first-order valence-electron chi connectivity index (χ1n) is 12.5. The third-order valence-electron chi connectivity index (χ3n) is 5.56. The summed E-state index contributed by atoms with van der Waals surface area (Å²) in [5.41, 5.74) is 1.86. The summed E-state index contributed by atoms with van der Waals surface area (Å²) in [7, 11) is 1.63. The first-order chi connectivity index (χ1) is 18.4. The van der Waals surface area contributed by atoms with Crippen LogP contribution in [0.5, 0.6) is 0 Å². The predicted molar refractivity (Wildman–Crippen MR) is 152 cm³/mol. The highest BCUT2D eigenvalue weighted by Crippen LogP contribution is 2.25. The number of hydrogen-bond donors (Lipinski definition) is 2. The van der Waals surface area contributed by atoms with Gasteiger partial charge in [0.2, 0.25) is 5.91 Å². The molecule has 3 rings (SSSR count). The summed E-state index contributed by atoms with van der Waals surface area (Å²) in [5, 5.41) is 5.21. The molecular weight excluding hydrogens is 496 g/mol. The molecule has 0 radical (unpaired) electrons. The molecule has 0 heterocycles. The number of carbonyl (C=O) groups excluding carboxylic acids is 4. The van der Waals surface area contributed by atoms with E-state index in [0.717, 1.165) is 10.5 Å². The molecule has 0 aromatic heterocycles. The Morgan fingerprint density at radius 3 is 2.21 bits per heavy atom. The molecule has 0 aliphatic carbocycles. The van der Waals surface area contributed by atoms with Crippen LogP contribution in [-0.2, 0) is 14.3 Å². The molecule has 9 heteroatoms. The molecule has 39 heavy (non-hydrogen) atoms. The van der Waals surface area contributed by atoms with Crippen molar-refractivity contribution in [1.29, 1.82) is 0 Å². The van der Waals surface area contributed by atoms with Crippen LogP contribution in [0, 0.1) is 6.92 Å². The zero-order valence-corrected chi connectivity index (χ0v) is 22.9. The molecule has 0 unspecified atom stereocenters. The number of nitrogens with one attached hydrogen (secondary N) is 2. The van der Waals surface area contributed by atoms with Crippen molar-refractivity contribution in [2.24, 2.45) is 0 Å². The fraction of sp³-hybridized carbons (Fsp3) is 0.267. The summed E-state index contributed by atoms with van der Waals surface area (Å²) in [4.78, 5) is 54.8. The quantitative estimate of drug-likeness (QED) is 0.408. The molecule has 0 spiro atoms. The monoisotopic (exact) mass is 530 g/mol. The van der Waals surface area contributed by atoms with E-state index < -0.39 is 36.6 Å². The van der Waals surface area contributed by atoms with E-state index in [1.54, 1.807) is 82.4 Å². The third kappa shape index (κ3) is 8.43. The lowest BCUT2D eigenvalue weighted by Crippen LogP contribution is -2.45. The highest BCUT2D eigenvalue weighted by molar-refractivity contribution is 6.12. The molecule has 4 amide bonds. The van der Waals surface area contributed by atoms with E-state index in [1.165, 1.54) is 4.90 Å². The van der Waals surface area contributed by atoms with Gasteiger partial charge in [0.05, 0.1) is 17.8 Å². The number of aryl methyl sites for hydroxylation is 1. The number of urea groups is 1. The van der Waals surface area contributed by atoms with E-state index in [-0.39, 0.29) is 17.2 Å². The molecule has 0 bridgehead atoms. The molecule has 3 aromatic carbocycles. The molecule has 3 aromatic rings. The molecule has 9 nitrogen and oxygen atoms in total. The second kappa shape index (κ2) is 12.7. The Bertz CT molecular complexity index is 1330. The highest BCUT2D eigenvalue weighted by atomic mass is 16.6. The van der Waals surface area contributed by atoms with Crippen LogP contribution in [0.2, 0.25) is 0 Å². The third-order valence-corrected chi connectivity index (χ3v) is 5.56. The molecular formula is C30H34N4O5. The highest BCUT2D eigenvalue weighted by Gasteiger charge is 2.28. The van der Waals surface area contributed by atoms with Gasteiger partial charge in [-0.15, -0.1) is 0 Å². The number of nitrogens with zero attached hydrogens (tertiary/aromatic N) is 2. The summed E-state index contributed by atoms with van der Waals surface area (Å²) in [6.07, 6.45) is 0. The topological polar surface area (TPSA) is 108 Å². The van der Waals surface area contributed by atoms with Crippen molar-refractivity contribution in [3.63, 3.8) is 0 Å². The average Bonchev–Trinajstić information content (AvgIpc) is 2.89. The van der Waals surface area contributed by atoms with Gasteiger partial charge in [-0.05, 0) is 69.7 Å². The number of ether oxygens (including phenoxy) is 1. The molecule has 0 saturated carbocycles. The Kier molecular flexibility index (Phi) is 9.43. The van der Waals surface area contributed by atoms with E-state index in [0.29, 0.717) is 11.4 Å². The van der Waals surface area contributed by atoms with Crippen LogP contribution in [0.15, 0.2) is 78.9 Å². The zero-order valence-electron chi connectivity index (χ0n) is 22.9. The number of rotatable bonds is 8. The minimum atomic E-state index is -0.777. The minimum Gasteiger partial charge on any atom is -0.459 e. The van der Waals surface area contributed by atoms with E-state index >= 15 is 0 Å². The van der Waals surface area contributed by atoms with Crippen LogP contribution in [0.3, 0.4) is 0 Å². The van der Waals surface area contributed by atoms with E-state index in [1.807, 2.05) is 31.2 Å². The van der Waals surface area contributed by atoms with Crippen molar-refractivity contribution in [1.82, 2.24) is 5.32 Å². The number of carbonyl (C=O) groups is 4. The average molecular weight is 531 g/mol. The van der Waals surface area contributed by atoms with Crippen LogP contribution >= 0.6 is 0 Å². The normalized spacial score (nSPS) is 10.8. The summed E-state index contributed by atoms with van der Waals surface area (Å²) < 4.78 is 5.44. The van der Waals surface area contributed by atoms with Crippen LogP contribution < -0.4 is 20.4 Å². The lowest BCUT2D eigenvalue weighted by Gasteiger charge is -2.28. The Labute approximate surface area is 228 Å². The van der Waals surface area contributed by atoms with Gasteiger partial charge in [-0.1, -0.05) is 42.5 Å². The van der Waals surface area contributed by atoms with Gasteiger partial charge >= 0.3 is 12.0 Å². The first kappa shape index (κ1) is 28.9. The number of amides is 4. The van der Waals surface area contributed by atoms with Gasteiger partial charge in [0, 0.05) is 18.4 Å². The molecule has 2 N–H and O–H groups in total. The Hall–Kier alpha value is -4.66. The van der Waals surface area contributed by atoms with Gasteiger partial charge in [-0.2, -0.15) is 0 Å². The number of esters is 1. The second-order valence-corrected chi connectivity index (χ2v) is 9.96. The summed E-state index contributed by atoms with van der Waals surface area (Å²) >= 11 is 0. The van der Waals surface area contributed by atoms with E-state index in [4.69, 9.17) is 4.74 Å². The zero-order chi connectivity index (χ0) is 28.6. The lowest BCUT2D eigenvalue weighted by atomic mass is 10.1. The van der Waals surface area contributed by atoms with Crippen LogP contribution in [0.1, 0.15) is 36.7 Å². The van der Waals surface area contributed by atoms with Gasteiger partial charge in [-0.25, -0.2) is 4.79 Å². The fourth-order valence-corrected chi connectivity index (χ4v) is 3.80. The number of para-hydroxylation sites is 2. The van der Waals surface area contributed by atoms with Crippen LogP contribution in [0.25, 0.3) is 0 Å². The molecule has 0 aliphatic rings. The maximum Gasteiger partial charge on any atom is 0.326 e. The largest absolute Gasteiger partial charge is 0.459 e. The van der Waals surface area contributed by atoms with Gasteiger partial charge in [-0.3, -0.25) is 19.3 Å².